The van der Waals surface area contributed by atoms with Crippen molar-refractivity contribution in [2.45, 2.75) is 12.7 Å². The van der Waals surface area contributed by atoms with E-state index in [4.69, 9.17) is 0 Å². The number of alkyl halides is 3. The van der Waals surface area contributed by atoms with Crippen LogP contribution in [0.5, 0.6) is 0 Å². The number of halogens is 4. The Morgan fingerprint density at radius 2 is 1.84 bits per heavy atom. The summed E-state index contributed by atoms with van der Waals surface area (Å²) < 4.78 is 55.1. The molecular formula is C19H13F4N5O4. The lowest BCUT2D eigenvalue weighted by molar-refractivity contribution is -0.385. The molecule has 0 spiro atoms. The molecule has 0 unspecified atom stereocenters. The number of anilines is 2. The third-order valence-corrected chi connectivity index (χ3v) is 4.11. The Morgan fingerprint density at radius 3 is 2.47 bits per heavy atom. The van der Waals surface area contributed by atoms with Gasteiger partial charge in [-0.3, -0.25) is 24.4 Å². The Bertz CT molecular complexity index is 1190. The third-order valence-electron chi connectivity index (χ3n) is 4.11. The van der Waals surface area contributed by atoms with Crippen LogP contribution in [-0.2, 0) is 17.5 Å². The summed E-state index contributed by atoms with van der Waals surface area (Å²) >= 11 is 0. The minimum Gasteiger partial charge on any atom is -0.324 e. The molecule has 2 N–H and O–H groups in total. The highest BCUT2D eigenvalue weighted by Gasteiger charge is 2.34. The summed E-state index contributed by atoms with van der Waals surface area (Å²) in [5.74, 6) is -2.71. The molecule has 3 aromatic rings. The van der Waals surface area contributed by atoms with Crippen LogP contribution in [-0.4, -0.2) is 26.5 Å². The molecule has 13 heteroatoms. The first-order chi connectivity index (χ1) is 15.0. The lowest BCUT2D eigenvalue weighted by Crippen LogP contribution is -2.22. The predicted molar refractivity (Wildman–Crippen MR) is 103 cm³/mol. The second-order valence-corrected chi connectivity index (χ2v) is 6.39. The Kier molecular flexibility index (Phi) is 6.18. The quantitative estimate of drug-likeness (QED) is 0.335. The van der Waals surface area contributed by atoms with Crippen molar-refractivity contribution in [2.75, 3.05) is 10.6 Å². The van der Waals surface area contributed by atoms with Gasteiger partial charge in [0.25, 0.3) is 5.91 Å². The fourth-order valence-corrected chi connectivity index (χ4v) is 2.68. The SMILES string of the molecule is O=C(Cn1cc([N+](=O)[O-])cn1)Nc1ccc(NC(=O)c2ccccc2F)cc1C(F)(F)F. The van der Waals surface area contributed by atoms with Gasteiger partial charge in [-0.1, -0.05) is 12.1 Å². The average Bonchev–Trinajstić information content (AvgIpc) is 3.17. The number of aromatic nitrogens is 2. The van der Waals surface area contributed by atoms with Crippen molar-refractivity contribution in [1.82, 2.24) is 9.78 Å². The number of hydrogen-bond donors (Lipinski definition) is 2. The maximum atomic E-state index is 13.7. The monoisotopic (exact) mass is 451 g/mol. The van der Waals surface area contributed by atoms with Gasteiger partial charge >= 0.3 is 11.9 Å². The van der Waals surface area contributed by atoms with Gasteiger partial charge in [-0.05, 0) is 30.3 Å². The van der Waals surface area contributed by atoms with Gasteiger partial charge in [-0.15, -0.1) is 0 Å². The number of hydrogen-bond acceptors (Lipinski definition) is 5. The molecule has 1 heterocycles. The summed E-state index contributed by atoms with van der Waals surface area (Å²) in [6, 6.07) is 7.56. The van der Waals surface area contributed by atoms with Gasteiger partial charge in [-0.2, -0.15) is 18.3 Å². The van der Waals surface area contributed by atoms with E-state index in [1.807, 2.05) is 0 Å². The molecule has 0 atom stereocenters. The number of nitro groups is 1. The van der Waals surface area contributed by atoms with Gasteiger partial charge in [0.2, 0.25) is 5.91 Å². The van der Waals surface area contributed by atoms with Crippen molar-refractivity contribution in [3.63, 3.8) is 0 Å². The second kappa shape index (κ2) is 8.83. The van der Waals surface area contributed by atoms with E-state index < -0.39 is 46.5 Å². The predicted octanol–water partition coefficient (Wildman–Crippen LogP) is 3.84. The third kappa shape index (κ3) is 5.24. The first-order valence-electron chi connectivity index (χ1n) is 8.78. The zero-order valence-corrected chi connectivity index (χ0v) is 15.9. The van der Waals surface area contributed by atoms with Crippen LogP contribution >= 0.6 is 0 Å². The van der Waals surface area contributed by atoms with Gasteiger partial charge in [0, 0.05) is 5.69 Å². The van der Waals surface area contributed by atoms with E-state index in [-0.39, 0.29) is 16.9 Å². The first-order valence-corrected chi connectivity index (χ1v) is 8.78. The molecule has 0 aliphatic rings. The van der Waals surface area contributed by atoms with Gasteiger partial charge in [0.05, 0.1) is 21.7 Å². The standard InChI is InChI=1S/C19H13F4N5O4/c20-15-4-2-1-3-13(15)18(30)25-11-5-6-16(14(7-11)19(21,22)23)26-17(29)10-27-9-12(8-24-27)28(31)32/h1-9H,10H2,(H,25,30)(H,26,29). The first kappa shape index (κ1) is 22.4. The lowest BCUT2D eigenvalue weighted by Gasteiger charge is -2.16. The Hall–Kier alpha value is -4.29. The molecular weight excluding hydrogens is 438 g/mol. The normalized spacial score (nSPS) is 11.1. The van der Waals surface area contributed by atoms with E-state index in [9.17, 15) is 37.3 Å². The molecule has 0 saturated carbocycles. The topological polar surface area (TPSA) is 119 Å². The Morgan fingerprint density at radius 1 is 1.12 bits per heavy atom. The van der Waals surface area contributed by atoms with Crippen molar-refractivity contribution in [2.24, 2.45) is 0 Å². The molecule has 0 bridgehead atoms. The molecule has 166 valence electrons. The van der Waals surface area contributed by atoms with Crippen LogP contribution in [0.3, 0.4) is 0 Å². The summed E-state index contributed by atoms with van der Waals surface area (Å²) in [6.07, 6.45) is -3.06. The van der Waals surface area contributed by atoms with Gasteiger partial charge in [0.1, 0.15) is 24.8 Å². The zero-order valence-electron chi connectivity index (χ0n) is 15.9. The van der Waals surface area contributed by atoms with Crippen LogP contribution in [0.15, 0.2) is 54.9 Å². The van der Waals surface area contributed by atoms with Gasteiger partial charge < -0.3 is 10.6 Å². The van der Waals surface area contributed by atoms with Gasteiger partial charge in [0.15, 0.2) is 0 Å². The molecule has 0 fully saturated rings. The number of amides is 2. The van der Waals surface area contributed by atoms with Crippen molar-refractivity contribution >= 4 is 28.9 Å². The van der Waals surface area contributed by atoms with E-state index in [0.717, 1.165) is 35.3 Å². The van der Waals surface area contributed by atoms with Crippen LogP contribution in [0, 0.1) is 15.9 Å². The highest BCUT2D eigenvalue weighted by Crippen LogP contribution is 2.36. The van der Waals surface area contributed by atoms with Crippen LogP contribution in [0.1, 0.15) is 15.9 Å². The lowest BCUT2D eigenvalue weighted by atomic mass is 10.1. The Balaban J connectivity index is 1.79. The maximum absolute atomic E-state index is 13.7. The average molecular weight is 451 g/mol. The summed E-state index contributed by atoms with van der Waals surface area (Å²) in [7, 11) is 0. The number of benzene rings is 2. The van der Waals surface area contributed by atoms with Crippen LogP contribution in [0.4, 0.5) is 34.6 Å². The van der Waals surface area contributed by atoms with E-state index in [2.05, 4.69) is 15.7 Å². The summed E-state index contributed by atoms with van der Waals surface area (Å²) in [5, 5.41) is 18.5. The molecule has 2 amide bonds. The fraction of sp³-hybridized carbons (Fsp3) is 0.105. The van der Waals surface area contributed by atoms with Gasteiger partial charge in [-0.25, -0.2) is 4.39 Å². The summed E-state index contributed by atoms with van der Waals surface area (Å²) in [6.45, 7) is -0.573. The van der Waals surface area contributed by atoms with E-state index in [1.54, 1.807) is 0 Å². The molecule has 9 nitrogen and oxygen atoms in total. The number of carbonyl (C=O) groups excluding carboxylic acids is 2. The van der Waals surface area contributed by atoms with E-state index >= 15 is 0 Å². The Labute approximate surface area is 176 Å². The fourth-order valence-electron chi connectivity index (χ4n) is 2.68. The summed E-state index contributed by atoms with van der Waals surface area (Å²) in [5.41, 5.74) is -2.88. The highest BCUT2D eigenvalue weighted by atomic mass is 19.4. The highest BCUT2D eigenvalue weighted by molar-refractivity contribution is 6.04. The largest absolute Gasteiger partial charge is 0.418 e. The molecule has 2 aromatic carbocycles. The summed E-state index contributed by atoms with van der Waals surface area (Å²) in [4.78, 5) is 34.2. The number of carbonyl (C=O) groups is 2. The van der Waals surface area contributed by atoms with E-state index in [0.29, 0.717) is 6.07 Å². The van der Waals surface area contributed by atoms with Crippen molar-refractivity contribution in [3.8, 4) is 0 Å². The minimum absolute atomic E-state index is 0.272. The number of nitrogens with one attached hydrogen (secondary N) is 2. The molecule has 3 rings (SSSR count). The van der Waals surface area contributed by atoms with Crippen molar-refractivity contribution < 1.29 is 32.1 Å². The number of nitrogens with zero attached hydrogens (tertiary/aromatic N) is 3. The number of rotatable bonds is 6. The van der Waals surface area contributed by atoms with Crippen LogP contribution in [0.2, 0.25) is 0 Å². The minimum atomic E-state index is -4.90. The molecule has 0 radical (unpaired) electrons. The molecule has 0 saturated heterocycles. The van der Waals surface area contributed by atoms with Crippen molar-refractivity contribution in [1.29, 1.82) is 0 Å². The smallest absolute Gasteiger partial charge is 0.324 e. The molecule has 32 heavy (non-hydrogen) atoms. The zero-order chi connectivity index (χ0) is 23.5. The van der Waals surface area contributed by atoms with Crippen LogP contribution < -0.4 is 10.6 Å². The maximum Gasteiger partial charge on any atom is 0.418 e. The van der Waals surface area contributed by atoms with Crippen molar-refractivity contribution in [3.05, 3.63) is 81.9 Å². The molecule has 0 aliphatic carbocycles. The second-order valence-electron chi connectivity index (χ2n) is 6.39. The van der Waals surface area contributed by atoms with Crippen LogP contribution in [0.25, 0.3) is 0 Å². The molecule has 0 aliphatic heterocycles. The molecule has 1 aromatic heterocycles. The van der Waals surface area contributed by atoms with E-state index in [1.165, 1.54) is 18.2 Å².